The Balaban J connectivity index is 2.01. The Hall–Kier alpha value is -1.89. The summed E-state index contributed by atoms with van der Waals surface area (Å²) in [4.78, 5) is 22.5. The highest BCUT2D eigenvalue weighted by Crippen LogP contribution is 2.20. The second-order valence-corrected chi connectivity index (χ2v) is 6.70. The first-order valence-electron chi connectivity index (χ1n) is 5.72. The van der Waals surface area contributed by atoms with Crippen molar-refractivity contribution >= 4 is 27.4 Å². The number of hydrogen-bond acceptors (Lipinski definition) is 4. The van der Waals surface area contributed by atoms with Gasteiger partial charge in [-0.25, -0.2) is 13.2 Å². The summed E-state index contributed by atoms with van der Waals surface area (Å²) >= 11 is 0. The van der Waals surface area contributed by atoms with Gasteiger partial charge in [0.1, 0.15) is 0 Å². The summed E-state index contributed by atoms with van der Waals surface area (Å²) in [5.41, 5.74) is 0.584. The molecule has 1 fully saturated rings. The monoisotopic (exact) mass is 283 g/mol. The minimum Gasteiger partial charge on any atom is -0.478 e. The second kappa shape index (κ2) is 5.00. The Labute approximate surface area is 110 Å². The predicted molar refractivity (Wildman–Crippen MR) is 68.8 cm³/mol. The van der Waals surface area contributed by atoms with Crippen molar-refractivity contribution in [1.29, 1.82) is 0 Å². The average Bonchev–Trinajstić information content (AvgIpc) is 2.70. The number of aromatic carboxylic acids is 1. The number of rotatable bonds is 3. The number of hydrogen-bond donors (Lipinski definition) is 2. The first-order chi connectivity index (χ1) is 8.87. The smallest absolute Gasteiger partial charge is 0.335 e. The lowest BCUT2D eigenvalue weighted by molar-refractivity contribution is -0.119. The average molecular weight is 283 g/mol. The van der Waals surface area contributed by atoms with Crippen molar-refractivity contribution in [3.05, 3.63) is 29.8 Å². The van der Waals surface area contributed by atoms with Crippen LogP contribution < -0.4 is 5.32 Å². The molecule has 1 aliphatic heterocycles. The lowest BCUT2D eigenvalue weighted by atomic mass is 10.1. The second-order valence-electron chi connectivity index (χ2n) is 4.47. The first-order valence-corrected chi connectivity index (χ1v) is 7.54. The fourth-order valence-electron chi connectivity index (χ4n) is 1.94. The quantitative estimate of drug-likeness (QED) is 0.852. The van der Waals surface area contributed by atoms with E-state index in [9.17, 15) is 18.0 Å². The zero-order valence-electron chi connectivity index (χ0n) is 10.00. The van der Waals surface area contributed by atoms with E-state index in [1.54, 1.807) is 0 Å². The maximum Gasteiger partial charge on any atom is 0.335 e. The molecule has 6 nitrogen and oxygen atoms in total. The summed E-state index contributed by atoms with van der Waals surface area (Å²) < 4.78 is 22.5. The molecule has 1 saturated heterocycles. The Bertz CT molecular complexity index is 606. The Morgan fingerprint density at radius 3 is 2.32 bits per heavy atom. The van der Waals surface area contributed by atoms with E-state index in [1.807, 2.05) is 0 Å². The molecule has 1 aliphatic rings. The molecule has 2 N–H and O–H groups in total. The van der Waals surface area contributed by atoms with Crippen molar-refractivity contribution < 1.29 is 23.1 Å². The van der Waals surface area contributed by atoms with Crippen LogP contribution in [0.3, 0.4) is 0 Å². The van der Waals surface area contributed by atoms with Gasteiger partial charge in [-0.3, -0.25) is 4.79 Å². The van der Waals surface area contributed by atoms with Gasteiger partial charge in [0.15, 0.2) is 9.84 Å². The Morgan fingerprint density at radius 2 is 1.84 bits per heavy atom. The van der Waals surface area contributed by atoms with E-state index in [-0.39, 0.29) is 23.0 Å². The standard InChI is InChI=1S/C12H13NO5S/c14-11(9-5-6-19(17,18)7-9)13-10-3-1-8(2-4-10)12(15)16/h1-4,9H,5-7H2,(H,13,14)(H,15,16). The number of benzene rings is 1. The third kappa shape index (κ3) is 3.31. The third-order valence-corrected chi connectivity index (χ3v) is 4.77. The van der Waals surface area contributed by atoms with Gasteiger partial charge in [0, 0.05) is 5.69 Å². The first kappa shape index (κ1) is 13.5. The van der Waals surface area contributed by atoms with Crippen LogP contribution in [0.2, 0.25) is 0 Å². The van der Waals surface area contributed by atoms with Crippen molar-refractivity contribution in [2.75, 3.05) is 16.8 Å². The molecule has 102 valence electrons. The highest BCUT2D eigenvalue weighted by molar-refractivity contribution is 7.91. The number of carboxylic acids is 1. The van der Waals surface area contributed by atoms with Gasteiger partial charge in [0.25, 0.3) is 0 Å². The molecule has 1 heterocycles. The van der Waals surface area contributed by atoms with Crippen molar-refractivity contribution in [3.63, 3.8) is 0 Å². The van der Waals surface area contributed by atoms with Crippen LogP contribution in [0.1, 0.15) is 16.8 Å². The van der Waals surface area contributed by atoms with Crippen molar-refractivity contribution in [3.8, 4) is 0 Å². The van der Waals surface area contributed by atoms with Crippen LogP contribution in [0.4, 0.5) is 5.69 Å². The van der Waals surface area contributed by atoms with Gasteiger partial charge in [-0.2, -0.15) is 0 Å². The molecule has 19 heavy (non-hydrogen) atoms. The normalized spacial score (nSPS) is 20.9. The lowest BCUT2D eigenvalue weighted by Gasteiger charge is -2.09. The Morgan fingerprint density at radius 1 is 1.21 bits per heavy atom. The molecule has 1 amide bonds. The molecule has 1 unspecified atom stereocenters. The van der Waals surface area contributed by atoms with Gasteiger partial charge in [-0.15, -0.1) is 0 Å². The molecule has 0 spiro atoms. The van der Waals surface area contributed by atoms with E-state index in [1.165, 1.54) is 24.3 Å². The summed E-state index contributed by atoms with van der Waals surface area (Å²) in [7, 11) is -3.09. The maximum absolute atomic E-state index is 11.8. The predicted octanol–water partition coefficient (Wildman–Crippen LogP) is 0.758. The van der Waals surface area contributed by atoms with Crippen molar-refractivity contribution in [2.24, 2.45) is 5.92 Å². The van der Waals surface area contributed by atoms with E-state index in [0.29, 0.717) is 12.1 Å². The highest BCUT2D eigenvalue weighted by atomic mass is 32.2. The number of carbonyl (C=O) groups excluding carboxylic acids is 1. The van der Waals surface area contributed by atoms with Gasteiger partial charge in [0.2, 0.25) is 5.91 Å². The van der Waals surface area contributed by atoms with Crippen LogP contribution in [0.25, 0.3) is 0 Å². The molecule has 1 aromatic carbocycles. The van der Waals surface area contributed by atoms with E-state index in [2.05, 4.69) is 5.32 Å². The molecule has 2 rings (SSSR count). The van der Waals surface area contributed by atoms with Crippen molar-refractivity contribution in [1.82, 2.24) is 0 Å². The van der Waals surface area contributed by atoms with Crippen LogP contribution in [0, 0.1) is 5.92 Å². The Kier molecular flexibility index (Phi) is 3.57. The van der Waals surface area contributed by atoms with Crippen LogP contribution in [-0.4, -0.2) is 36.9 Å². The molecule has 1 aromatic rings. The molecule has 7 heteroatoms. The van der Waals surface area contributed by atoms with Gasteiger partial charge < -0.3 is 10.4 Å². The minimum atomic E-state index is -3.09. The molecular weight excluding hydrogens is 270 g/mol. The zero-order chi connectivity index (χ0) is 14.0. The fraction of sp³-hybridized carbons (Fsp3) is 0.333. The fourth-order valence-corrected chi connectivity index (χ4v) is 3.68. The SMILES string of the molecule is O=C(O)c1ccc(NC(=O)C2CCS(=O)(=O)C2)cc1. The lowest BCUT2D eigenvalue weighted by Crippen LogP contribution is -2.23. The van der Waals surface area contributed by atoms with E-state index in [0.717, 1.165) is 0 Å². The maximum atomic E-state index is 11.8. The summed E-state index contributed by atoms with van der Waals surface area (Å²) in [6.07, 6.45) is 0.335. The molecule has 0 aromatic heterocycles. The number of nitrogens with one attached hydrogen (secondary N) is 1. The minimum absolute atomic E-state index is 0.0447. The number of sulfone groups is 1. The van der Waals surface area contributed by atoms with Crippen LogP contribution in [-0.2, 0) is 14.6 Å². The van der Waals surface area contributed by atoms with Gasteiger partial charge >= 0.3 is 5.97 Å². The van der Waals surface area contributed by atoms with Crippen molar-refractivity contribution in [2.45, 2.75) is 6.42 Å². The largest absolute Gasteiger partial charge is 0.478 e. The number of amides is 1. The van der Waals surface area contributed by atoms with Crippen LogP contribution >= 0.6 is 0 Å². The van der Waals surface area contributed by atoms with Crippen LogP contribution in [0.15, 0.2) is 24.3 Å². The molecule has 0 bridgehead atoms. The van der Waals surface area contributed by atoms with Crippen LogP contribution in [0.5, 0.6) is 0 Å². The third-order valence-electron chi connectivity index (χ3n) is 3.00. The molecule has 0 radical (unpaired) electrons. The summed E-state index contributed by atoms with van der Waals surface area (Å²) in [5, 5.41) is 11.3. The van der Waals surface area contributed by atoms with E-state index >= 15 is 0 Å². The number of anilines is 1. The zero-order valence-corrected chi connectivity index (χ0v) is 10.8. The van der Waals surface area contributed by atoms with Gasteiger partial charge in [0.05, 0.1) is 23.0 Å². The molecule has 0 aliphatic carbocycles. The molecular formula is C12H13NO5S. The number of carbonyl (C=O) groups is 2. The summed E-state index contributed by atoms with van der Waals surface area (Å²) in [6, 6.07) is 5.71. The van der Waals surface area contributed by atoms with E-state index < -0.39 is 21.7 Å². The summed E-state index contributed by atoms with van der Waals surface area (Å²) in [5.74, 6) is -1.98. The molecule has 0 saturated carbocycles. The number of carboxylic acid groups (broad SMARTS) is 1. The highest BCUT2D eigenvalue weighted by Gasteiger charge is 2.32. The topological polar surface area (TPSA) is 101 Å². The van der Waals surface area contributed by atoms with Gasteiger partial charge in [-0.05, 0) is 30.7 Å². The molecule has 1 atom stereocenters. The summed E-state index contributed by atoms with van der Waals surface area (Å²) in [6.45, 7) is 0. The van der Waals surface area contributed by atoms with Gasteiger partial charge in [-0.1, -0.05) is 0 Å². The van der Waals surface area contributed by atoms with E-state index in [4.69, 9.17) is 5.11 Å².